The van der Waals surface area contributed by atoms with E-state index < -0.39 is 15.8 Å². The number of nitrogens with two attached hydrogens (primary N) is 1. The van der Waals surface area contributed by atoms with Crippen molar-refractivity contribution in [3.63, 3.8) is 0 Å². The third kappa shape index (κ3) is 2.93. The van der Waals surface area contributed by atoms with E-state index in [0.717, 1.165) is 17.6 Å². The molecule has 18 heavy (non-hydrogen) atoms. The fraction of sp³-hybridized carbons (Fsp3) is 0.111. The molecule has 2 aromatic rings. The molecule has 1 aromatic carbocycles. The Labute approximate surface area is 107 Å². The minimum Gasteiger partial charge on any atom is -0.396 e. The number of rotatable bonds is 3. The summed E-state index contributed by atoms with van der Waals surface area (Å²) in [5.41, 5.74) is 6.01. The van der Waals surface area contributed by atoms with Crippen LogP contribution in [0.1, 0.15) is 0 Å². The Bertz CT molecular complexity index is 684. The average molecular weight is 288 g/mol. The first kappa shape index (κ1) is 12.7. The summed E-state index contributed by atoms with van der Waals surface area (Å²) in [5.74, 6) is -0.516. The summed E-state index contributed by atoms with van der Waals surface area (Å²) in [7, 11) is -3.39. The van der Waals surface area contributed by atoms with Gasteiger partial charge in [0.25, 0.3) is 0 Å². The topological polar surface area (TPSA) is 98.0 Å². The minimum absolute atomic E-state index is 0.000298. The van der Waals surface area contributed by atoms with E-state index in [2.05, 4.69) is 14.9 Å². The molecule has 0 aliphatic heterocycles. The average Bonchev–Trinajstić information content (AvgIpc) is 2.68. The van der Waals surface area contributed by atoms with E-state index in [1.54, 1.807) is 0 Å². The van der Waals surface area contributed by atoms with Crippen molar-refractivity contribution >= 4 is 32.2 Å². The number of nitrogens with one attached hydrogen (secondary N) is 1. The van der Waals surface area contributed by atoms with Crippen molar-refractivity contribution < 1.29 is 12.8 Å². The summed E-state index contributed by atoms with van der Waals surface area (Å²) in [6.07, 6.45) is 1.02. The molecule has 0 atom stereocenters. The molecule has 0 spiro atoms. The van der Waals surface area contributed by atoms with Gasteiger partial charge in [0.1, 0.15) is 10.8 Å². The summed E-state index contributed by atoms with van der Waals surface area (Å²) in [6.45, 7) is 0. The Morgan fingerprint density at radius 1 is 1.39 bits per heavy atom. The van der Waals surface area contributed by atoms with Gasteiger partial charge in [-0.25, -0.2) is 12.8 Å². The smallest absolute Gasteiger partial charge is 0.231 e. The molecule has 0 radical (unpaired) electrons. The van der Waals surface area contributed by atoms with Gasteiger partial charge in [0, 0.05) is 5.56 Å². The predicted octanol–water partition coefficient (Wildman–Crippen LogP) is 1.30. The number of anilines is 2. The number of hydrogen-bond donors (Lipinski definition) is 2. The van der Waals surface area contributed by atoms with Gasteiger partial charge in [0.2, 0.25) is 15.2 Å². The first-order valence-electron chi connectivity index (χ1n) is 4.72. The van der Waals surface area contributed by atoms with Gasteiger partial charge in [-0.2, -0.15) is 0 Å². The molecule has 0 saturated carbocycles. The fourth-order valence-corrected chi connectivity index (χ4v) is 2.79. The number of benzene rings is 1. The van der Waals surface area contributed by atoms with E-state index in [9.17, 15) is 12.8 Å². The summed E-state index contributed by atoms with van der Waals surface area (Å²) in [6, 6.07) is 4.13. The molecule has 0 saturated heterocycles. The Kier molecular flexibility index (Phi) is 3.18. The first-order chi connectivity index (χ1) is 8.35. The highest BCUT2D eigenvalue weighted by Crippen LogP contribution is 2.28. The van der Waals surface area contributed by atoms with Crippen LogP contribution in [-0.4, -0.2) is 24.9 Å². The van der Waals surface area contributed by atoms with Crippen LogP contribution in [-0.2, 0) is 10.0 Å². The van der Waals surface area contributed by atoms with Crippen LogP contribution in [0.4, 0.5) is 15.2 Å². The lowest BCUT2D eigenvalue weighted by molar-refractivity contribution is 0.606. The monoisotopic (exact) mass is 288 g/mol. The van der Waals surface area contributed by atoms with Gasteiger partial charge < -0.3 is 5.73 Å². The molecule has 3 N–H and O–H groups in total. The number of nitrogens with zero attached hydrogens (tertiary/aromatic N) is 2. The molecule has 6 nitrogen and oxygen atoms in total. The van der Waals surface area contributed by atoms with Crippen molar-refractivity contribution in [2.75, 3.05) is 16.7 Å². The van der Waals surface area contributed by atoms with E-state index >= 15 is 0 Å². The molecule has 0 aliphatic rings. The molecule has 0 aliphatic carbocycles. The van der Waals surface area contributed by atoms with Crippen LogP contribution in [0.2, 0.25) is 0 Å². The molecular formula is C9H9FN4O2S2. The fourth-order valence-electron chi connectivity index (χ4n) is 1.22. The van der Waals surface area contributed by atoms with Gasteiger partial charge in [0.05, 0.1) is 11.9 Å². The van der Waals surface area contributed by atoms with Gasteiger partial charge in [-0.3, -0.25) is 4.72 Å². The van der Waals surface area contributed by atoms with E-state index in [1.807, 2.05) is 0 Å². The molecule has 0 bridgehead atoms. The second-order valence-electron chi connectivity index (χ2n) is 3.52. The van der Waals surface area contributed by atoms with Crippen LogP contribution in [0, 0.1) is 5.82 Å². The number of halogens is 1. The molecule has 9 heteroatoms. The van der Waals surface area contributed by atoms with Gasteiger partial charge >= 0.3 is 0 Å². The zero-order chi connectivity index (χ0) is 13.3. The lowest BCUT2D eigenvalue weighted by Crippen LogP contribution is -2.08. The minimum atomic E-state index is -3.39. The third-order valence-electron chi connectivity index (χ3n) is 1.94. The molecule has 2 rings (SSSR count). The molecule has 1 aromatic heterocycles. The van der Waals surface area contributed by atoms with Crippen LogP contribution in [0.3, 0.4) is 0 Å². The largest absolute Gasteiger partial charge is 0.396 e. The van der Waals surface area contributed by atoms with Crippen molar-refractivity contribution in [2.45, 2.75) is 0 Å². The van der Waals surface area contributed by atoms with E-state index in [1.165, 1.54) is 18.2 Å². The number of hydrogen-bond acceptors (Lipinski definition) is 6. The van der Waals surface area contributed by atoms with Crippen LogP contribution < -0.4 is 10.5 Å². The Morgan fingerprint density at radius 2 is 2.11 bits per heavy atom. The number of nitrogen functional groups attached to an aromatic ring is 1. The van der Waals surface area contributed by atoms with Crippen molar-refractivity contribution in [2.24, 2.45) is 0 Å². The molecule has 96 valence electrons. The van der Waals surface area contributed by atoms with Crippen molar-refractivity contribution in [1.82, 2.24) is 10.2 Å². The van der Waals surface area contributed by atoms with Gasteiger partial charge in [-0.05, 0) is 18.2 Å². The van der Waals surface area contributed by atoms with Gasteiger partial charge in [0.15, 0.2) is 0 Å². The lowest BCUT2D eigenvalue weighted by atomic mass is 10.2. The summed E-state index contributed by atoms with van der Waals surface area (Å²) < 4.78 is 37.2. The highest BCUT2D eigenvalue weighted by atomic mass is 32.2. The second kappa shape index (κ2) is 4.50. The maximum atomic E-state index is 13.0. The van der Waals surface area contributed by atoms with Crippen molar-refractivity contribution in [3.8, 4) is 10.6 Å². The second-order valence-corrected chi connectivity index (χ2v) is 6.25. The Hall–Kier alpha value is -1.74. The predicted molar refractivity (Wildman–Crippen MR) is 68.2 cm³/mol. The Balaban J connectivity index is 2.32. The van der Waals surface area contributed by atoms with E-state index in [4.69, 9.17) is 5.73 Å². The van der Waals surface area contributed by atoms with Crippen molar-refractivity contribution in [1.29, 1.82) is 0 Å². The zero-order valence-corrected chi connectivity index (χ0v) is 10.8. The first-order valence-corrected chi connectivity index (χ1v) is 7.42. The molecule has 0 fully saturated rings. The maximum Gasteiger partial charge on any atom is 0.231 e. The van der Waals surface area contributed by atoms with Gasteiger partial charge in [-0.1, -0.05) is 11.3 Å². The molecular weight excluding hydrogens is 279 g/mol. The molecule has 1 heterocycles. The number of aromatic nitrogens is 2. The highest BCUT2D eigenvalue weighted by Gasteiger charge is 2.11. The lowest BCUT2D eigenvalue weighted by Gasteiger charge is -1.98. The van der Waals surface area contributed by atoms with E-state index in [0.29, 0.717) is 10.6 Å². The van der Waals surface area contributed by atoms with Crippen molar-refractivity contribution in [3.05, 3.63) is 24.0 Å². The summed E-state index contributed by atoms with van der Waals surface area (Å²) >= 11 is 1.04. The molecule has 0 unspecified atom stereocenters. The Morgan fingerprint density at radius 3 is 2.72 bits per heavy atom. The zero-order valence-electron chi connectivity index (χ0n) is 9.21. The SMILES string of the molecule is CS(=O)(=O)Nc1nnc(-c2ccc(F)c(N)c2)s1. The number of sulfonamides is 1. The quantitative estimate of drug-likeness (QED) is 0.829. The summed E-state index contributed by atoms with van der Waals surface area (Å²) in [5, 5.41) is 8.08. The van der Waals surface area contributed by atoms with Crippen LogP contribution >= 0.6 is 11.3 Å². The summed E-state index contributed by atoms with van der Waals surface area (Å²) in [4.78, 5) is 0. The highest BCUT2D eigenvalue weighted by molar-refractivity contribution is 7.92. The van der Waals surface area contributed by atoms with Crippen LogP contribution in [0.5, 0.6) is 0 Å². The van der Waals surface area contributed by atoms with Crippen LogP contribution in [0.15, 0.2) is 18.2 Å². The van der Waals surface area contributed by atoms with Gasteiger partial charge in [-0.15, -0.1) is 10.2 Å². The molecule has 0 amide bonds. The normalized spacial score (nSPS) is 11.4. The standard InChI is InChI=1S/C9H9FN4O2S2/c1-18(15,16)14-9-13-12-8(17-9)5-2-3-6(10)7(11)4-5/h2-4H,11H2,1H3,(H,13,14). The third-order valence-corrected chi connectivity index (χ3v) is 3.52. The van der Waals surface area contributed by atoms with E-state index in [-0.39, 0.29) is 10.8 Å². The maximum absolute atomic E-state index is 13.0. The van der Waals surface area contributed by atoms with Crippen LogP contribution in [0.25, 0.3) is 10.6 Å².